The summed E-state index contributed by atoms with van der Waals surface area (Å²) in [6, 6.07) is 10.1. The summed E-state index contributed by atoms with van der Waals surface area (Å²) in [7, 11) is 0. The van der Waals surface area contributed by atoms with Gasteiger partial charge in [0.25, 0.3) is 5.91 Å². The van der Waals surface area contributed by atoms with Gasteiger partial charge in [-0.25, -0.2) is 9.59 Å². The van der Waals surface area contributed by atoms with E-state index in [1.807, 2.05) is 0 Å². The average Bonchev–Trinajstić information content (AvgIpc) is 3.10. The Bertz CT molecular complexity index is 960. The first-order chi connectivity index (χ1) is 14.2. The molecule has 0 aromatic heterocycles. The number of esters is 2. The number of benzene rings is 2. The number of carbonyl (C=O) groups is 3. The fourth-order valence-electron chi connectivity index (χ4n) is 2.65. The van der Waals surface area contributed by atoms with Crippen LogP contribution in [0.25, 0.3) is 0 Å². The van der Waals surface area contributed by atoms with Gasteiger partial charge in [0.1, 0.15) is 11.3 Å². The normalized spacial score (nSPS) is 16.0. The highest BCUT2D eigenvalue weighted by molar-refractivity contribution is 5.95. The number of amides is 1. The molecule has 1 aliphatic rings. The summed E-state index contributed by atoms with van der Waals surface area (Å²) in [4.78, 5) is 35.8. The van der Waals surface area contributed by atoms with Gasteiger partial charge in [-0.05, 0) is 30.3 Å². The molecular formula is C20H16F3NO6. The Hall–Kier alpha value is -3.56. The van der Waals surface area contributed by atoms with E-state index in [-0.39, 0.29) is 30.0 Å². The molecule has 158 valence electrons. The average molecular weight is 423 g/mol. The van der Waals surface area contributed by atoms with Crippen LogP contribution in [-0.4, -0.2) is 37.2 Å². The molecule has 30 heavy (non-hydrogen) atoms. The van der Waals surface area contributed by atoms with Gasteiger partial charge >= 0.3 is 18.1 Å². The van der Waals surface area contributed by atoms with Crippen molar-refractivity contribution in [3.8, 4) is 5.75 Å². The summed E-state index contributed by atoms with van der Waals surface area (Å²) < 4.78 is 53.4. The largest absolute Gasteiger partial charge is 0.483 e. The van der Waals surface area contributed by atoms with Gasteiger partial charge in [-0.1, -0.05) is 18.2 Å². The van der Waals surface area contributed by atoms with E-state index in [1.54, 1.807) is 12.1 Å². The van der Waals surface area contributed by atoms with Crippen LogP contribution in [0, 0.1) is 0 Å². The summed E-state index contributed by atoms with van der Waals surface area (Å²) in [5.41, 5.74) is -0.963. The van der Waals surface area contributed by atoms with E-state index in [1.165, 1.54) is 24.3 Å². The van der Waals surface area contributed by atoms with Gasteiger partial charge in [-0.2, -0.15) is 13.2 Å². The smallest absolute Gasteiger partial charge is 0.416 e. The zero-order chi connectivity index (χ0) is 21.7. The lowest BCUT2D eigenvalue weighted by Gasteiger charge is -2.13. The molecule has 2 aromatic carbocycles. The highest BCUT2D eigenvalue weighted by Crippen LogP contribution is 2.30. The third-order valence-corrected chi connectivity index (χ3v) is 4.08. The molecular weight excluding hydrogens is 407 g/mol. The predicted octanol–water partition coefficient (Wildman–Crippen LogP) is 3.20. The van der Waals surface area contributed by atoms with Crippen LogP contribution in [0.1, 0.15) is 22.3 Å². The zero-order valence-corrected chi connectivity index (χ0v) is 15.4. The van der Waals surface area contributed by atoms with Crippen molar-refractivity contribution in [1.29, 1.82) is 0 Å². The molecule has 1 amide bonds. The van der Waals surface area contributed by atoms with Crippen molar-refractivity contribution in [2.24, 2.45) is 0 Å². The van der Waals surface area contributed by atoms with E-state index < -0.39 is 42.3 Å². The number of alkyl halides is 3. The quantitative estimate of drug-likeness (QED) is 0.718. The van der Waals surface area contributed by atoms with Crippen molar-refractivity contribution in [2.45, 2.75) is 18.7 Å². The first-order valence-electron chi connectivity index (χ1n) is 8.80. The fraction of sp³-hybridized carbons (Fsp3) is 0.250. The third-order valence-electron chi connectivity index (χ3n) is 4.08. The number of para-hydroxylation sites is 1. The Morgan fingerprint density at radius 1 is 1.13 bits per heavy atom. The maximum atomic E-state index is 12.8. The highest BCUT2D eigenvalue weighted by Gasteiger charge is 2.32. The monoisotopic (exact) mass is 423 g/mol. The number of cyclic esters (lactones) is 1. The third kappa shape index (κ3) is 5.28. The second-order valence-electron chi connectivity index (χ2n) is 6.26. The lowest BCUT2D eigenvalue weighted by Crippen LogP contribution is -2.24. The van der Waals surface area contributed by atoms with Crippen molar-refractivity contribution in [1.82, 2.24) is 0 Å². The topological polar surface area (TPSA) is 90.9 Å². The predicted molar refractivity (Wildman–Crippen MR) is 96.8 cm³/mol. The van der Waals surface area contributed by atoms with Gasteiger partial charge in [-0.3, -0.25) is 4.79 Å². The Labute approximate surface area is 168 Å². The molecule has 3 rings (SSSR count). The van der Waals surface area contributed by atoms with Crippen molar-refractivity contribution < 1.29 is 41.8 Å². The van der Waals surface area contributed by atoms with Crippen LogP contribution >= 0.6 is 0 Å². The lowest BCUT2D eigenvalue weighted by atomic mass is 10.2. The van der Waals surface area contributed by atoms with Gasteiger partial charge in [0.2, 0.25) is 6.10 Å². The first-order valence-corrected chi connectivity index (χ1v) is 8.80. The van der Waals surface area contributed by atoms with E-state index in [0.29, 0.717) is 0 Å². The number of rotatable bonds is 6. The minimum absolute atomic E-state index is 0.0101. The molecule has 1 aliphatic heterocycles. The maximum absolute atomic E-state index is 12.8. The summed E-state index contributed by atoms with van der Waals surface area (Å²) in [6.07, 6.45) is -5.30. The SMILES string of the molecule is O=C(COc1ccccc1C(=O)OC1CCOC1=O)Nc1cccc(C(F)(F)F)c1. The van der Waals surface area contributed by atoms with Crippen LogP contribution in [0.4, 0.5) is 18.9 Å². The number of ether oxygens (including phenoxy) is 3. The van der Waals surface area contributed by atoms with Gasteiger partial charge in [-0.15, -0.1) is 0 Å². The van der Waals surface area contributed by atoms with Crippen LogP contribution in [-0.2, 0) is 25.2 Å². The molecule has 2 aromatic rings. The van der Waals surface area contributed by atoms with Crippen LogP contribution in [0.5, 0.6) is 5.75 Å². The van der Waals surface area contributed by atoms with Crippen molar-refractivity contribution >= 4 is 23.5 Å². The van der Waals surface area contributed by atoms with Crippen LogP contribution in [0.15, 0.2) is 48.5 Å². The van der Waals surface area contributed by atoms with Crippen LogP contribution in [0.2, 0.25) is 0 Å². The molecule has 1 unspecified atom stereocenters. The molecule has 10 heteroatoms. The zero-order valence-electron chi connectivity index (χ0n) is 15.4. The van der Waals surface area contributed by atoms with E-state index in [4.69, 9.17) is 14.2 Å². The first kappa shape index (κ1) is 21.2. The maximum Gasteiger partial charge on any atom is 0.416 e. The second kappa shape index (κ2) is 8.85. The summed E-state index contributed by atoms with van der Waals surface area (Å²) in [6.45, 7) is -0.406. The fourth-order valence-corrected chi connectivity index (χ4v) is 2.65. The summed E-state index contributed by atoms with van der Waals surface area (Å²) >= 11 is 0. The molecule has 0 saturated carbocycles. The lowest BCUT2D eigenvalue weighted by molar-refractivity contribution is -0.145. The number of hydrogen-bond donors (Lipinski definition) is 1. The van der Waals surface area contributed by atoms with Crippen LogP contribution in [0.3, 0.4) is 0 Å². The molecule has 0 radical (unpaired) electrons. The minimum atomic E-state index is -4.54. The second-order valence-corrected chi connectivity index (χ2v) is 6.26. The molecule has 7 nitrogen and oxygen atoms in total. The Balaban J connectivity index is 1.61. The molecule has 1 saturated heterocycles. The number of halogens is 3. The van der Waals surface area contributed by atoms with E-state index in [9.17, 15) is 27.6 Å². The summed E-state index contributed by atoms with van der Waals surface area (Å²) in [5, 5.41) is 2.30. The van der Waals surface area contributed by atoms with E-state index in [0.717, 1.165) is 12.1 Å². The van der Waals surface area contributed by atoms with Gasteiger partial charge in [0.05, 0.1) is 12.2 Å². The molecule has 1 N–H and O–H groups in total. The molecule has 0 aliphatic carbocycles. The van der Waals surface area contributed by atoms with Crippen molar-refractivity contribution in [3.63, 3.8) is 0 Å². The molecule has 1 heterocycles. The van der Waals surface area contributed by atoms with Gasteiger partial charge < -0.3 is 19.5 Å². The standard InChI is InChI=1S/C20H16F3NO6/c21-20(22,23)12-4-3-5-13(10-12)24-17(25)11-29-15-7-2-1-6-14(15)18(26)30-16-8-9-28-19(16)27/h1-7,10,16H,8-9,11H2,(H,24,25). The van der Waals surface area contributed by atoms with E-state index >= 15 is 0 Å². The Morgan fingerprint density at radius 2 is 1.90 bits per heavy atom. The Morgan fingerprint density at radius 3 is 2.60 bits per heavy atom. The molecule has 1 fully saturated rings. The van der Waals surface area contributed by atoms with E-state index in [2.05, 4.69) is 5.32 Å². The highest BCUT2D eigenvalue weighted by atomic mass is 19.4. The number of nitrogens with one attached hydrogen (secondary N) is 1. The molecule has 1 atom stereocenters. The number of hydrogen-bond acceptors (Lipinski definition) is 6. The van der Waals surface area contributed by atoms with Gasteiger partial charge in [0.15, 0.2) is 6.61 Å². The van der Waals surface area contributed by atoms with Gasteiger partial charge in [0, 0.05) is 12.1 Å². The number of carbonyl (C=O) groups excluding carboxylic acids is 3. The Kier molecular flexibility index (Phi) is 6.24. The minimum Gasteiger partial charge on any atom is -0.483 e. The summed E-state index contributed by atoms with van der Waals surface area (Å²) in [5.74, 6) is -2.17. The van der Waals surface area contributed by atoms with Crippen LogP contribution < -0.4 is 10.1 Å². The molecule has 0 bridgehead atoms. The van der Waals surface area contributed by atoms with Crippen molar-refractivity contribution in [3.05, 3.63) is 59.7 Å². The number of anilines is 1. The van der Waals surface area contributed by atoms with Crippen molar-refractivity contribution in [2.75, 3.05) is 18.5 Å². The molecule has 0 spiro atoms.